The van der Waals surface area contributed by atoms with Crippen molar-refractivity contribution in [2.24, 2.45) is 4.40 Å². The molecule has 1 amide bonds. The Morgan fingerprint density at radius 2 is 2.03 bits per heavy atom. The second-order valence-electron chi connectivity index (χ2n) is 6.86. The number of hydrogen-bond donors (Lipinski definition) is 2. The fourth-order valence-corrected chi connectivity index (χ4v) is 5.95. The van der Waals surface area contributed by atoms with Gasteiger partial charge in [0.25, 0.3) is 10.0 Å². The Balaban J connectivity index is 1.58. The number of sulfonamides is 1. The molecule has 0 saturated heterocycles. The maximum absolute atomic E-state index is 12.6. The Hall–Kier alpha value is -1.94. The van der Waals surface area contributed by atoms with Crippen molar-refractivity contribution < 1.29 is 18.3 Å². The minimum Gasteiger partial charge on any atom is -0.383 e. The lowest BCUT2D eigenvalue weighted by atomic mass is 9.93. The average Bonchev–Trinajstić information content (AvgIpc) is 3.31. The number of carbonyl (C=O) groups excluding carboxylic acids is 1. The molecular weight excluding hydrogens is 428 g/mol. The summed E-state index contributed by atoms with van der Waals surface area (Å²) in [6.45, 7) is 0. The second kappa shape index (κ2) is 8.43. The van der Waals surface area contributed by atoms with Gasteiger partial charge in [-0.15, -0.1) is 23.1 Å². The van der Waals surface area contributed by atoms with Crippen LogP contribution in [0.1, 0.15) is 36.5 Å². The van der Waals surface area contributed by atoms with E-state index in [1.165, 1.54) is 17.8 Å². The summed E-state index contributed by atoms with van der Waals surface area (Å²) in [5, 5.41) is 15.4. The number of thiophene rings is 1. The molecule has 1 aromatic carbocycles. The predicted molar refractivity (Wildman–Crippen MR) is 116 cm³/mol. The zero-order valence-corrected chi connectivity index (χ0v) is 17.9. The van der Waals surface area contributed by atoms with Gasteiger partial charge < -0.3 is 10.4 Å². The monoisotopic (exact) mass is 448 g/mol. The number of rotatable bonds is 7. The Bertz CT molecular complexity index is 1070. The maximum atomic E-state index is 12.6. The number of nitrogens with zero attached hydrogens (tertiary/aromatic N) is 1. The van der Waals surface area contributed by atoms with E-state index in [1.54, 1.807) is 41.8 Å². The standard InChI is InChI=1S/C20H20N2O4S3/c23-18(21-13-7-8-13)9-11-27-17-12-16(14-4-1-2-5-15(14)20(17)24)22-29(25,26)19-6-3-10-28-19/h1-6,10,12-13,20,24H,7-9,11H2,(H,21,23). The van der Waals surface area contributed by atoms with Crippen LogP contribution >= 0.6 is 23.1 Å². The van der Waals surface area contributed by atoms with Gasteiger partial charge in [0.05, 0.1) is 5.71 Å². The maximum Gasteiger partial charge on any atom is 0.292 e. The molecule has 1 heterocycles. The molecule has 2 N–H and O–H groups in total. The van der Waals surface area contributed by atoms with Crippen LogP contribution in [0.2, 0.25) is 0 Å². The number of nitrogens with one attached hydrogen (secondary N) is 1. The van der Waals surface area contributed by atoms with Crippen molar-refractivity contribution >= 4 is 44.7 Å². The summed E-state index contributed by atoms with van der Waals surface area (Å²) in [5.74, 6) is 0.495. The highest BCUT2D eigenvalue weighted by atomic mass is 32.2. The summed E-state index contributed by atoms with van der Waals surface area (Å²) < 4.78 is 29.5. The van der Waals surface area contributed by atoms with Crippen LogP contribution in [0.4, 0.5) is 0 Å². The van der Waals surface area contributed by atoms with Gasteiger partial charge in [-0.3, -0.25) is 4.79 Å². The van der Waals surface area contributed by atoms with E-state index in [1.807, 2.05) is 0 Å². The van der Waals surface area contributed by atoms with Crippen molar-refractivity contribution in [3.63, 3.8) is 0 Å². The van der Waals surface area contributed by atoms with E-state index >= 15 is 0 Å². The minimum atomic E-state index is -3.83. The number of thioether (sulfide) groups is 1. The molecule has 2 aliphatic rings. The third kappa shape index (κ3) is 4.80. The van der Waals surface area contributed by atoms with Crippen LogP contribution in [0.5, 0.6) is 0 Å². The largest absolute Gasteiger partial charge is 0.383 e. The molecule has 6 nitrogen and oxygen atoms in total. The van der Waals surface area contributed by atoms with Gasteiger partial charge in [-0.2, -0.15) is 12.8 Å². The zero-order valence-electron chi connectivity index (χ0n) is 15.4. The van der Waals surface area contributed by atoms with Crippen LogP contribution in [0.25, 0.3) is 0 Å². The fourth-order valence-electron chi connectivity index (χ4n) is 2.98. The number of hydrogen-bond acceptors (Lipinski definition) is 6. The van der Waals surface area contributed by atoms with Crippen LogP contribution in [0, 0.1) is 0 Å². The third-order valence-corrected chi connectivity index (χ3v) is 8.33. The normalized spacial score (nSPS) is 20.2. The number of fused-ring (bicyclic) bond motifs is 1. The molecule has 152 valence electrons. The van der Waals surface area contributed by atoms with E-state index in [-0.39, 0.29) is 10.1 Å². The third-order valence-electron chi connectivity index (χ3n) is 4.59. The molecule has 1 saturated carbocycles. The second-order valence-corrected chi connectivity index (χ2v) is 10.8. The number of aliphatic hydroxyl groups is 1. The summed E-state index contributed by atoms with van der Waals surface area (Å²) >= 11 is 2.46. The molecule has 0 aliphatic heterocycles. The Morgan fingerprint density at radius 3 is 2.76 bits per heavy atom. The lowest BCUT2D eigenvalue weighted by molar-refractivity contribution is -0.120. The Morgan fingerprint density at radius 1 is 1.24 bits per heavy atom. The number of amides is 1. The topological polar surface area (TPSA) is 95.8 Å². The highest BCUT2D eigenvalue weighted by Gasteiger charge is 2.27. The average molecular weight is 449 g/mol. The molecule has 2 aromatic rings. The van der Waals surface area contributed by atoms with Gasteiger partial charge >= 0.3 is 0 Å². The first-order chi connectivity index (χ1) is 13.9. The van der Waals surface area contributed by atoms with Gasteiger partial charge in [0.2, 0.25) is 5.91 Å². The van der Waals surface area contributed by atoms with Crippen molar-refractivity contribution in [2.45, 2.75) is 35.6 Å². The van der Waals surface area contributed by atoms with Crippen molar-refractivity contribution in [1.29, 1.82) is 0 Å². The Kier molecular flexibility index (Phi) is 5.91. The summed E-state index contributed by atoms with van der Waals surface area (Å²) in [6.07, 6.45) is 3.16. The zero-order chi connectivity index (χ0) is 20.4. The van der Waals surface area contributed by atoms with Crippen molar-refractivity contribution in [3.05, 3.63) is 63.9 Å². The molecular formula is C20H20N2O4S3. The quantitative estimate of drug-likeness (QED) is 0.678. The smallest absolute Gasteiger partial charge is 0.292 e. The molecule has 9 heteroatoms. The van der Waals surface area contributed by atoms with Crippen LogP contribution in [-0.2, 0) is 14.8 Å². The number of benzene rings is 1. The minimum absolute atomic E-state index is 0.000429. The first-order valence-corrected chi connectivity index (χ1v) is 12.5. The van der Waals surface area contributed by atoms with Gasteiger partial charge in [0, 0.05) is 28.7 Å². The van der Waals surface area contributed by atoms with Gasteiger partial charge in [-0.05, 0) is 35.9 Å². The molecule has 4 rings (SSSR count). The summed E-state index contributed by atoms with van der Waals surface area (Å²) in [4.78, 5) is 12.5. The van der Waals surface area contributed by atoms with Gasteiger partial charge in [-0.25, -0.2) is 0 Å². The highest BCUT2D eigenvalue weighted by molar-refractivity contribution is 8.03. The molecule has 0 radical (unpaired) electrons. The van der Waals surface area contributed by atoms with Crippen molar-refractivity contribution in [3.8, 4) is 0 Å². The van der Waals surface area contributed by atoms with E-state index in [9.17, 15) is 18.3 Å². The lowest BCUT2D eigenvalue weighted by Crippen LogP contribution is -2.25. The van der Waals surface area contributed by atoms with E-state index in [2.05, 4.69) is 9.71 Å². The molecule has 0 spiro atoms. The van der Waals surface area contributed by atoms with E-state index < -0.39 is 16.1 Å². The van der Waals surface area contributed by atoms with E-state index in [0.717, 1.165) is 24.2 Å². The van der Waals surface area contributed by atoms with Gasteiger partial charge in [0.1, 0.15) is 10.3 Å². The highest BCUT2D eigenvalue weighted by Crippen LogP contribution is 2.37. The molecule has 0 bridgehead atoms. The van der Waals surface area contributed by atoms with Gasteiger partial charge in [0.15, 0.2) is 0 Å². The molecule has 1 aromatic heterocycles. The van der Waals surface area contributed by atoms with Crippen molar-refractivity contribution in [2.75, 3.05) is 5.75 Å². The molecule has 1 atom stereocenters. The first-order valence-electron chi connectivity index (χ1n) is 9.23. The molecule has 1 unspecified atom stereocenters. The predicted octanol–water partition coefficient (Wildman–Crippen LogP) is 3.26. The van der Waals surface area contributed by atoms with Crippen LogP contribution < -0.4 is 5.32 Å². The first kappa shape index (κ1) is 20.3. The fraction of sp³-hybridized carbons (Fsp3) is 0.300. The van der Waals surface area contributed by atoms with Crippen LogP contribution in [0.3, 0.4) is 0 Å². The number of allylic oxidation sites excluding steroid dienone is 1. The molecule has 1 fully saturated rings. The van der Waals surface area contributed by atoms with Gasteiger partial charge in [-0.1, -0.05) is 30.3 Å². The number of aliphatic hydroxyl groups excluding tert-OH is 1. The lowest BCUT2D eigenvalue weighted by Gasteiger charge is -2.23. The van der Waals surface area contributed by atoms with Crippen LogP contribution in [-0.4, -0.2) is 36.9 Å². The van der Waals surface area contributed by atoms with Crippen molar-refractivity contribution in [1.82, 2.24) is 5.32 Å². The molecule has 2 aliphatic carbocycles. The summed E-state index contributed by atoms with van der Waals surface area (Å²) in [7, 11) is -3.83. The summed E-state index contributed by atoms with van der Waals surface area (Å²) in [6, 6.07) is 10.6. The van der Waals surface area contributed by atoms with Crippen LogP contribution in [0.15, 0.2) is 61.4 Å². The van der Waals surface area contributed by atoms with E-state index in [0.29, 0.717) is 40.0 Å². The Labute approximate surface area is 177 Å². The SMILES string of the molecule is O=C(CCSC1=CC(=NS(=O)(=O)c2cccs2)c2ccccc2C1O)NC1CC1. The van der Waals surface area contributed by atoms with E-state index in [4.69, 9.17) is 0 Å². The summed E-state index contributed by atoms with van der Waals surface area (Å²) in [5.41, 5.74) is 1.50. The molecule has 29 heavy (non-hydrogen) atoms. The number of carbonyl (C=O) groups is 1.